The molecule has 102 valence electrons. The third-order valence-electron chi connectivity index (χ3n) is 3.15. The standard InChI is InChI=1S/C13H17N3O3/c17-13-8-19-12-2-1-9(5-11(12)16-13)15-7-10-6-14-3-4-18-10/h1-2,5,10,14-15H,3-4,6-8H2,(H,16,17). The van der Waals surface area contributed by atoms with Crippen molar-refractivity contribution in [2.45, 2.75) is 6.10 Å². The van der Waals surface area contributed by atoms with E-state index in [1.54, 1.807) is 0 Å². The average molecular weight is 263 g/mol. The van der Waals surface area contributed by atoms with Gasteiger partial charge in [-0.2, -0.15) is 0 Å². The molecule has 0 spiro atoms. The molecule has 19 heavy (non-hydrogen) atoms. The highest BCUT2D eigenvalue weighted by Crippen LogP contribution is 2.30. The Morgan fingerprint density at radius 3 is 3.21 bits per heavy atom. The smallest absolute Gasteiger partial charge is 0.262 e. The third-order valence-corrected chi connectivity index (χ3v) is 3.15. The fourth-order valence-corrected chi connectivity index (χ4v) is 2.18. The first-order valence-corrected chi connectivity index (χ1v) is 6.44. The van der Waals surface area contributed by atoms with Gasteiger partial charge in [0.25, 0.3) is 5.91 Å². The molecule has 3 rings (SSSR count). The molecule has 2 aliphatic rings. The highest BCUT2D eigenvalue weighted by molar-refractivity contribution is 5.95. The lowest BCUT2D eigenvalue weighted by Gasteiger charge is -2.24. The van der Waals surface area contributed by atoms with Gasteiger partial charge in [-0.3, -0.25) is 4.79 Å². The largest absolute Gasteiger partial charge is 0.482 e. The molecule has 0 aliphatic carbocycles. The average Bonchev–Trinajstić information content (AvgIpc) is 2.46. The monoisotopic (exact) mass is 263 g/mol. The Hall–Kier alpha value is -1.79. The van der Waals surface area contributed by atoms with Crippen LogP contribution in [0.1, 0.15) is 0 Å². The molecule has 6 heteroatoms. The number of fused-ring (bicyclic) bond motifs is 1. The molecule has 1 fully saturated rings. The first kappa shape index (κ1) is 12.3. The number of hydrogen-bond acceptors (Lipinski definition) is 5. The highest BCUT2D eigenvalue weighted by atomic mass is 16.5. The molecule has 3 N–H and O–H groups in total. The van der Waals surface area contributed by atoms with Gasteiger partial charge in [-0.1, -0.05) is 0 Å². The second-order valence-electron chi connectivity index (χ2n) is 4.63. The molecule has 2 heterocycles. The minimum Gasteiger partial charge on any atom is -0.482 e. The van der Waals surface area contributed by atoms with Gasteiger partial charge in [0.15, 0.2) is 6.61 Å². The maximum absolute atomic E-state index is 11.3. The molecular formula is C13H17N3O3. The number of carbonyl (C=O) groups excluding carboxylic acids is 1. The number of benzene rings is 1. The topological polar surface area (TPSA) is 71.6 Å². The second kappa shape index (κ2) is 5.46. The Morgan fingerprint density at radius 1 is 1.42 bits per heavy atom. The van der Waals surface area contributed by atoms with Crippen LogP contribution in [0.5, 0.6) is 5.75 Å². The van der Waals surface area contributed by atoms with Crippen LogP contribution in [0.4, 0.5) is 11.4 Å². The third kappa shape index (κ3) is 2.97. The van der Waals surface area contributed by atoms with Gasteiger partial charge in [-0.25, -0.2) is 0 Å². The first-order chi connectivity index (χ1) is 9.31. The SMILES string of the molecule is O=C1COc2ccc(NCC3CNCCO3)cc2N1. The summed E-state index contributed by atoms with van der Waals surface area (Å²) in [5, 5.41) is 9.38. The first-order valence-electron chi connectivity index (χ1n) is 6.44. The van der Waals surface area contributed by atoms with Crippen molar-refractivity contribution in [2.24, 2.45) is 0 Å². The molecule has 1 amide bonds. The predicted molar refractivity (Wildman–Crippen MR) is 71.7 cm³/mol. The second-order valence-corrected chi connectivity index (χ2v) is 4.63. The minimum atomic E-state index is -0.121. The molecule has 0 bridgehead atoms. The molecule has 6 nitrogen and oxygen atoms in total. The molecule has 1 saturated heterocycles. The van der Waals surface area contributed by atoms with Crippen molar-refractivity contribution in [3.63, 3.8) is 0 Å². The van der Waals surface area contributed by atoms with E-state index in [1.807, 2.05) is 18.2 Å². The van der Waals surface area contributed by atoms with E-state index in [-0.39, 0.29) is 18.6 Å². The Morgan fingerprint density at radius 2 is 2.37 bits per heavy atom. The van der Waals surface area contributed by atoms with E-state index < -0.39 is 0 Å². The molecule has 2 aliphatic heterocycles. The van der Waals surface area contributed by atoms with Crippen molar-refractivity contribution in [1.82, 2.24) is 5.32 Å². The summed E-state index contributed by atoms with van der Waals surface area (Å²) >= 11 is 0. The predicted octanol–water partition coefficient (Wildman–Crippen LogP) is 0.418. The van der Waals surface area contributed by atoms with Gasteiger partial charge in [0, 0.05) is 25.3 Å². The molecule has 0 radical (unpaired) electrons. The highest BCUT2D eigenvalue weighted by Gasteiger charge is 2.17. The van der Waals surface area contributed by atoms with Gasteiger partial charge in [-0.15, -0.1) is 0 Å². The number of anilines is 2. The van der Waals surface area contributed by atoms with Crippen molar-refractivity contribution < 1.29 is 14.3 Å². The zero-order chi connectivity index (χ0) is 13.1. The van der Waals surface area contributed by atoms with E-state index in [4.69, 9.17) is 9.47 Å². The van der Waals surface area contributed by atoms with Crippen LogP contribution in [0.3, 0.4) is 0 Å². The lowest BCUT2D eigenvalue weighted by atomic mass is 10.2. The lowest BCUT2D eigenvalue weighted by Crippen LogP contribution is -2.42. The summed E-state index contributed by atoms with van der Waals surface area (Å²) in [6.07, 6.45) is 0.177. The van der Waals surface area contributed by atoms with E-state index in [2.05, 4.69) is 16.0 Å². The summed E-state index contributed by atoms with van der Waals surface area (Å²) in [6.45, 7) is 3.35. The van der Waals surface area contributed by atoms with Crippen molar-refractivity contribution in [2.75, 3.05) is 43.5 Å². The summed E-state index contributed by atoms with van der Waals surface area (Å²) in [6, 6.07) is 5.67. The number of ether oxygens (including phenoxy) is 2. The Bertz CT molecular complexity index is 472. The van der Waals surface area contributed by atoms with Crippen LogP contribution >= 0.6 is 0 Å². The van der Waals surface area contributed by atoms with E-state index >= 15 is 0 Å². The van der Waals surface area contributed by atoms with E-state index in [9.17, 15) is 4.79 Å². The van der Waals surface area contributed by atoms with Crippen molar-refractivity contribution in [3.05, 3.63) is 18.2 Å². The summed E-state index contributed by atoms with van der Waals surface area (Å²) < 4.78 is 10.9. The van der Waals surface area contributed by atoms with Gasteiger partial charge < -0.3 is 25.4 Å². The normalized spacial score (nSPS) is 22.1. The number of rotatable bonds is 3. The van der Waals surface area contributed by atoms with Crippen LogP contribution in [0.25, 0.3) is 0 Å². The molecule has 1 unspecified atom stereocenters. The van der Waals surface area contributed by atoms with Gasteiger partial charge in [0.05, 0.1) is 18.4 Å². The van der Waals surface area contributed by atoms with E-state index in [0.29, 0.717) is 11.4 Å². The van der Waals surface area contributed by atoms with Gasteiger partial charge in [0.1, 0.15) is 5.75 Å². The van der Waals surface area contributed by atoms with E-state index in [1.165, 1.54) is 0 Å². The molecular weight excluding hydrogens is 246 g/mol. The van der Waals surface area contributed by atoms with Crippen LogP contribution in [-0.2, 0) is 9.53 Å². The van der Waals surface area contributed by atoms with Crippen molar-refractivity contribution in [3.8, 4) is 5.75 Å². The number of hydrogen-bond donors (Lipinski definition) is 3. The minimum absolute atomic E-state index is 0.0847. The zero-order valence-corrected chi connectivity index (χ0v) is 10.6. The molecule has 0 saturated carbocycles. The Labute approximate surface area is 111 Å². The summed E-state index contributed by atoms with van der Waals surface area (Å²) in [4.78, 5) is 11.3. The van der Waals surface area contributed by atoms with Crippen molar-refractivity contribution in [1.29, 1.82) is 0 Å². The van der Waals surface area contributed by atoms with Crippen LogP contribution in [0.15, 0.2) is 18.2 Å². The number of morpholine rings is 1. The van der Waals surface area contributed by atoms with Crippen molar-refractivity contribution >= 4 is 17.3 Å². The summed E-state index contributed by atoms with van der Waals surface area (Å²) in [5.74, 6) is 0.588. The lowest BCUT2D eigenvalue weighted by molar-refractivity contribution is -0.118. The van der Waals surface area contributed by atoms with Crippen LogP contribution < -0.4 is 20.7 Å². The van der Waals surface area contributed by atoms with Crippen LogP contribution in [0, 0.1) is 0 Å². The van der Waals surface area contributed by atoms with Gasteiger partial charge in [-0.05, 0) is 18.2 Å². The van der Waals surface area contributed by atoms with Crippen LogP contribution in [0.2, 0.25) is 0 Å². The molecule has 1 aromatic rings. The fraction of sp³-hybridized carbons (Fsp3) is 0.462. The van der Waals surface area contributed by atoms with E-state index in [0.717, 1.165) is 31.9 Å². The fourth-order valence-electron chi connectivity index (χ4n) is 2.18. The summed E-state index contributed by atoms with van der Waals surface area (Å²) in [5.41, 5.74) is 1.66. The van der Waals surface area contributed by atoms with Gasteiger partial charge >= 0.3 is 0 Å². The Kier molecular flexibility index (Phi) is 3.52. The quantitative estimate of drug-likeness (QED) is 0.737. The molecule has 1 atom stereocenters. The Balaban J connectivity index is 1.61. The van der Waals surface area contributed by atoms with Crippen LogP contribution in [-0.4, -0.2) is 44.9 Å². The maximum atomic E-state index is 11.3. The number of nitrogens with one attached hydrogen (secondary N) is 3. The van der Waals surface area contributed by atoms with Gasteiger partial charge in [0.2, 0.25) is 0 Å². The number of amides is 1. The summed E-state index contributed by atoms with van der Waals surface area (Å²) in [7, 11) is 0. The maximum Gasteiger partial charge on any atom is 0.262 e. The number of carbonyl (C=O) groups is 1. The zero-order valence-electron chi connectivity index (χ0n) is 10.6. The molecule has 0 aromatic heterocycles. The molecule has 1 aromatic carbocycles.